The van der Waals surface area contributed by atoms with Crippen molar-refractivity contribution in [3.63, 3.8) is 0 Å². The Labute approximate surface area is 118 Å². The molecule has 0 unspecified atom stereocenters. The van der Waals surface area contributed by atoms with Gasteiger partial charge in [-0.2, -0.15) is 0 Å². The van der Waals surface area contributed by atoms with Crippen molar-refractivity contribution in [3.05, 3.63) is 40.0 Å². The second-order valence-corrected chi connectivity index (χ2v) is 5.51. The molecule has 19 heavy (non-hydrogen) atoms. The highest BCUT2D eigenvalue weighted by Gasteiger charge is 2.05. The number of nitrogens with one attached hydrogen (secondary N) is 2. The van der Waals surface area contributed by atoms with Crippen LogP contribution in [-0.2, 0) is 0 Å². The maximum absolute atomic E-state index is 4.32. The minimum Gasteiger partial charge on any atom is -0.272 e. The number of aromatic nitrogens is 2. The summed E-state index contributed by atoms with van der Waals surface area (Å²) in [5, 5.41) is 6.40. The molecule has 0 spiro atoms. The zero-order valence-corrected chi connectivity index (χ0v) is 12.3. The van der Waals surface area contributed by atoms with Gasteiger partial charge in [-0.3, -0.25) is 5.32 Å². The molecule has 0 amide bonds. The molecule has 0 saturated carbocycles. The number of H-pyrrole nitrogens is 1. The molecular formula is C15H18N3S+. The van der Waals surface area contributed by atoms with Crippen LogP contribution in [0.3, 0.4) is 0 Å². The highest BCUT2D eigenvalue weighted by atomic mass is 32.1. The smallest absolute Gasteiger partial charge is 0.272 e. The number of aryl methyl sites for hydroxylation is 1. The molecule has 2 N–H and O–H groups in total. The number of thiazole rings is 1. The molecule has 2 aromatic heterocycles. The zero-order valence-electron chi connectivity index (χ0n) is 11.4. The van der Waals surface area contributed by atoms with Gasteiger partial charge in [-0.15, -0.1) is 11.3 Å². The van der Waals surface area contributed by atoms with Crippen LogP contribution in [0.2, 0.25) is 0 Å². The van der Waals surface area contributed by atoms with E-state index < -0.39 is 0 Å². The summed E-state index contributed by atoms with van der Waals surface area (Å²) in [6.45, 7) is 6.30. The van der Waals surface area contributed by atoms with Gasteiger partial charge in [-0.25, -0.2) is 9.97 Å². The Morgan fingerprint density at radius 2 is 2.26 bits per heavy atom. The molecule has 3 nitrogen and oxygen atoms in total. The predicted octanol–water partition coefficient (Wildman–Crippen LogP) is 2.88. The molecule has 0 aliphatic carbocycles. The maximum atomic E-state index is 4.32. The molecule has 0 saturated heterocycles. The molecule has 0 fully saturated rings. The molecule has 0 bridgehead atoms. The first-order valence-corrected chi connectivity index (χ1v) is 7.27. The lowest BCUT2D eigenvalue weighted by Gasteiger charge is -2.04. The average Bonchev–Trinajstić information content (AvgIpc) is 2.83. The van der Waals surface area contributed by atoms with Crippen LogP contribution in [0.4, 0.5) is 5.82 Å². The number of rotatable bonds is 3. The first-order valence-electron chi connectivity index (χ1n) is 6.40. The van der Waals surface area contributed by atoms with Gasteiger partial charge in [0.05, 0.1) is 16.6 Å². The lowest BCUT2D eigenvalue weighted by Crippen LogP contribution is -2.20. The van der Waals surface area contributed by atoms with Gasteiger partial charge in [0.1, 0.15) is 11.9 Å². The van der Waals surface area contributed by atoms with Crippen LogP contribution < -0.4 is 10.3 Å². The first-order chi connectivity index (χ1) is 9.17. The highest BCUT2D eigenvalue weighted by molar-refractivity contribution is 7.09. The Morgan fingerprint density at radius 3 is 2.84 bits per heavy atom. The van der Waals surface area contributed by atoms with Crippen LogP contribution in [0.15, 0.2) is 23.7 Å². The number of hydrogen-bond donors (Lipinski definition) is 1. The normalized spacial score (nSPS) is 11.5. The van der Waals surface area contributed by atoms with Crippen molar-refractivity contribution >= 4 is 17.2 Å². The Balaban J connectivity index is 2.05. The fraction of sp³-hybridized carbons (Fsp3) is 0.333. The topological polar surface area (TPSA) is 39.1 Å². The van der Waals surface area contributed by atoms with Gasteiger partial charge < -0.3 is 0 Å². The van der Waals surface area contributed by atoms with Crippen molar-refractivity contribution in [2.24, 2.45) is 0 Å². The second kappa shape index (κ2) is 6.35. The largest absolute Gasteiger partial charge is 0.272 e. The monoisotopic (exact) mass is 272 g/mol. The van der Waals surface area contributed by atoms with E-state index in [0.717, 1.165) is 28.5 Å². The summed E-state index contributed by atoms with van der Waals surface area (Å²) in [5.74, 6) is 7.18. The first kappa shape index (κ1) is 13.6. The minimum absolute atomic E-state index is 0.464. The molecule has 0 aliphatic rings. The molecule has 2 rings (SSSR count). The minimum atomic E-state index is 0.464. The molecule has 0 radical (unpaired) electrons. The number of aromatic amines is 1. The Bertz CT molecular complexity index is 590. The van der Waals surface area contributed by atoms with Gasteiger partial charge in [0.15, 0.2) is 0 Å². The molecule has 0 aromatic carbocycles. The fourth-order valence-electron chi connectivity index (χ4n) is 1.52. The summed E-state index contributed by atoms with van der Waals surface area (Å²) in [5.41, 5.74) is 1.80. The number of nitrogens with zero attached hydrogens (tertiary/aromatic N) is 1. The van der Waals surface area contributed by atoms with Gasteiger partial charge in [-0.05, 0) is 32.3 Å². The summed E-state index contributed by atoms with van der Waals surface area (Å²) in [6.07, 6.45) is 3.01. The summed E-state index contributed by atoms with van der Waals surface area (Å²) in [4.78, 5) is 7.53. The van der Waals surface area contributed by atoms with Gasteiger partial charge >= 0.3 is 0 Å². The van der Waals surface area contributed by atoms with Gasteiger partial charge in [0, 0.05) is 11.4 Å². The zero-order chi connectivity index (χ0) is 13.7. The van der Waals surface area contributed by atoms with Crippen LogP contribution in [0, 0.1) is 18.8 Å². The fourth-order valence-corrected chi connectivity index (χ4v) is 2.06. The third-order valence-corrected chi connectivity index (χ3v) is 3.55. The van der Waals surface area contributed by atoms with Crippen LogP contribution >= 0.6 is 11.3 Å². The standard InChI is InChI=1S/C15H17N3S/c1-4-11(2)17-15-8-6-13(9-16-15)5-7-14-10-19-12(3)18-14/h6,8-11H,4H2,1-3H3,(H,16,17)/p+1/t11-/m1/s1. The van der Waals surface area contributed by atoms with E-state index in [1.807, 2.05) is 30.6 Å². The summed E-state index contributed by atoms with van der Waals surface area (Å²) >= 11 is 1.62. The molecule has 4 heteroatoms. The summed E-state index contributed by atoms with van der Waals surface area (Å²) in [6, 6.07) is 4.49. The number of hydrogen-bond acceptors (Lipinski definition) is 3. The van der Waals surface area contributed by atoms with Gasteiger partial charge in [0.25, 0.3) is 5.82 Å². The van der Waals surface area contributed by atoms with Crippen molar-refractivity contribution in [2.75, 3.05) is 5.32 Å². The summed E-state index contributed by atoms with van der Waals surface area (Å²) in [7, 11) is 0. The third-order valence-electron chi connectivity index (χ3n) is 2.78. The van der Waals surface area contributed by atoms with E-state index in [2.05, 4.69) is 41.0 Å². The second-order valence-electron chi connectivity index (χ2n) is 4.45. The van der Waals surface area contributed by atoms with Crippen molar-refractivity contribution in [1.82, 2.24) is 4.98 Å². The van der Waals surface area contributed by atoms with E-state index in [1.165, 1.54) is 0 Å². The van der Waals surface area contributed by atoms with Crippen molar-refractivity contribution in [3.8, 4) is 11.8 Å². The molecule has 0 aliphatic heterocycles. The molecule has 2 heterocycles. The van der Waals surface area contributed by atoms with E-state index in [-0.39, 0.29) is 0 Å². The molecular weight excluding hydrogens is 254 g/mol. The van der Waals surface area contributed by atoms with Gasteiger partial charge in [-0.1, -0.05) is 12.8 Å². The van der Waals surface area contributed by atoms with E-state index in [4.69, 9.17) is 0 Å². The van der Waals surface area contributed by atoms with Crippen LogP contribution in [-0.4, -0.2) is 11.0 Å². The number of anilines is 1. The van der Waals surface area contributed by atoms with Crippen molar-refractivity contribution in [1.29, 1.82) is 0 Å². The predicted molar refractivity (Wildman–Crippen MR) is 79.2 cm³/mol. The quantitative estimate of drug-likeness (QED) is 0.873. The maximum Gasteiger partial charge on any atom is 0.272 e. The number of pyridine rings is 1. The van der Waals surface area contributed by atoms with Crippen molar-refractivity contribution in [2.45, 2.75) is 33.2 Å². The molecule has 98 valence electrons. The SMILES string of the molecule is CC[C@@H](C)Nc1ccc(C#Cc2csc(C)n2)c[nH+]1. The Hall–Kier alpha value is -1.86. The lowest BCUT2D eigenvalue weighted by molar-refractivity contribution is -0.361. The third kappa shape index (κ3) is 4.08. The summed E-state index contributed by atoms with van der Waals surface area (Å²) < 4.78 is 0. The van der Waals surface area contributed by atoms with E-state index in [1.54, 1.807) is 11.3 Å². The average molecular weight is 272 g/mol. The highest BCUT2D eigenvalue weighted by Crippen LogP contribution is 2.07. The van der Waals surface area contributed by atoms with Gasteiger partial charge in [0.2, 0.25) is 0 Å². The van der Waals surface area contributed by atoms with Crippen LogP contribution in [0.25, 0.3) is 0 Å². The van der Waals surface area contributed by atoms with E-state index >= 15 is 0 Å². The van der Waals surface area contributed by atoms with Crippen LogP contribution in [0.1, 0.15) is 36.5 Å². The Morgan fingerprint density at radius 1 is 1.42 bits per heavy atom. The Kier molecular flexibility index (Phi) is 4.53. The van der Waals surface area contributed by atoms with Crippen molar-refractivity contribution < 1.29 is 4.98 Å². The lowest BCUT2D eigenvalue weighted by atomic mass is 10.2. The van der Waals surface area contributed by atoms with Crippen LogP contribution in [0.5, 0.6) is 0 Å². The molecule has 2 aromatic rings. The molecule has 1 atom stereocenters. The van der Waals surface area contributed by atoms with E-state index in [0.29, 0.717) is 6.04 Å². The van der Waals surface area contributed by atoms with E-state index in [9.17, 15) is 0 Å².